The third-order valence-corrected chi connectivity index (χ3v) is 3.63. The van der Waals surface area contributed by atoms with Crippen LogP contribution in [0.4, 0.5) is 0 Å². The van der Waals surface area contributed by atoms with Crippen LogP contribution in [-0.2, 0) is 4.79 Å². The normalized spacial score (nSPS) is 17.5. The van der Waals surface area contributed by atoms with Gasteiger partial charge in [0.1, 0.15) is 5.82 Å². The number of H-pyrrole nitrogens is 1. The minimum atomic E-state index is -0.839. The zero-order valence-corrected chi connectivity index (χ0v) is 9.79. The molecule has 0 bridgehead atoms. The lowest BCUT2D eigenvalue weighted by atomic mass is 9.89. The van der Waals surface area contributed by atoms with Gasteiger partial charge < -0.3 is 5.11 Å². The number of carboxylic acids is 1. The Labute approximate surface area is 98.0 Å². The Morgan fingerprint density at radius 3 is 2.88 bits per heavy atom. The molecule has 1 aliphatic rings. The highest BCUT2D eigenvalue weighted by Gasteiger charge is 2.19. The molecule has 2 N–H and O–H groups in total. The van der Waals surface area contributed by atoms with Crippen molar-refractivity contribution >= 4 is 17.7 Å². The molecule has 1 heterocycles. The number of hydrogen-bond donors (Lipinski definition) is 2. The van der Waals surface area contributed by atoms with Crippen LogP contribution in [0.1, 0.15) is 43.8 Å². The highest BCUT2D eigenvalue weighted by atomic mass is 32.2. The minimum absolute atomic E-state index is 0.0158. The standard InChI is InChI=1S/C10H15N3O2S/c14-8(15)6-16-10-11-9(12-13-10)7-4-2-1-3-5-7/h7H,1-6H2,(H,14,15)(H,11,12,13). The smallest absolute Gasteiger partial charge is 0.313 e. The molecular weight excluding hydrogens is 226 g/mol. The predicted octanol–water partition coefficient (Wildman–Crippen LogP) is 2.03. The quantitative estimate of drug-likeness (QED) is 0.788. The number of carbonyl (C=O) groups is 1. The number of nitrogens with one attached hydrogen (secondary N) is 1. The first-order chi connectivity index (χ1) is 7.75. The molecule has 1 aromatic heterocycles. The lowest BCUT2D eigenvalue weighted by molar-refractivity contribution is -0.133. The van der Waals surface area contributed by atoms with Crippen molar-refractivity contribution < 1.29 is 9.90 Å². The summed E-state index contributed by atoms with van der Waals surface area (Å²) >= 11 is 1.16. The molecule has 0 amide bonds. The number of nitrogens with zero attached hydrogens (tertiary/aromatic N) is 2. The molecule has 16 heavy (non-hydrogen) atoms. The summed E-state index contributed by atoms with van der Waals surface area (Å²) in [6.07, 6.45) is 6.15. The summed E-state index contributed by atoms with van der Waals surface area (Å²) in [4.78, 5) is 14.7. The Bertz CT molecular complexity index is 361. The fraction of sp³-hybridized carbons (Fsp3) is 0.700. The van der Waals surface area contributed by atoms with Gasteiger partial charge in [0.15, 0.2) is 0 Å². The summed E-state index contributed by atoms with van der Waals surface area (Å²) in [5.74, 6) is 0.587. The van der Waals surface area contributed by atoms with Crippen LogP contribution in [0.15, 0.2) is 5.16 Å². The third-order valence-electron chi connectivity index (χ3n) is 2.80. The lowest BCUT2D eigenvalue weighted by Gasteiger charge is -2.18. The number of aromatic nitrogens is 3. The van der Waals surface area contributed by atoms with Crippen LogP contribution in [0, 0.1) is 0 Å². The van der Waals surface area contributed by atoms with E-state index in [1.54, 1.807) is 0 Å². The predicted molar refractivity (Wildman–Crippen MR) is 60.6 cm³/mol. The molecule has 88 valence electrons. The van der Waals surface area contributed by atoms with Gasteiger partial charge in [0.25, 0.3) is 0 Å². The van der Waals surface area contributed by atoms with Crippen molar-refractivity contribution in [2.75, 3.05) is 5.75 Å². The van der Waals surface area contributed by atoms with Crippen molar-refractivity contribution in [1.82, 2.24) is 15.2 Å². The molecule has 0 spiro atoms. The zero-order chi connectivity index (χ0) is 11.4. The van der Waals surface area contributed by atoms with Gasteiger partial charge in [0.2, 0.25) is 5.16 Å². The van der Waals surface area contributed by atoms with Crippen molar-refractivity contribution in [1.29, 1.82) is 0 Å². The minimum Gasteiger partial charge on any atom is -0.481 e. The molecule has 0 saturated heterocycles. The van der Waals surface area contributed by atoms with E-state index in [4.69, 9.17) is 5.11 Å². The number of aromatic amines is 1. The number of rotatable bonds is 4. The SMILES string of the molecule is O=C(O)CSc1n[nH]c(C2CCCCC2)n1. The summed E-state index contributed by atoms with van der Waals surface area (Å²) < 4.78 is 0. The van der Waals surface area contributed by atoms with Gasteiger partial charge in [-0.3, -0.25) is 9.89 Å². The van der Waals surface area contributed by atoms with E-state index >= 15 is 0 Å². The summed E-state index contributed by atoms with van der Waals surface area (Å²) in [7, 11) is 0. The average molecular weight is 241 g/mol. The van der Waals surface area contributed by atoms with Crippen LogP contribution in [0.3, 0.4) is 0 Å². The molecule has 0 radical (unpaired) electrons. The lowest BCUT2D eigenvalue weighted by Crippen LogP contribution is -2.06. The topological polar surface area (TPSA) is 78.9 Å². The highest BCUT2D eigenvalue weighted by Crippen LogP contribution is 2.31. The van der Waals surface area contributed by atoms with Gasteiger partial charge in [0, 0.05) is 5.92 Å². The van der Waals surface area contributed by atoms with E-state index in [-0.39, 0.29) is 5.75 Å². The summed E-state index contributed by atoms with van der Waals surface area (Å²) in [5.41, 5.74) is 0. The van der Waals surface area contributed by atoms with Crippen molar-refractivity contribution in [3.05, 3.63) is 5.82 Å². The first kappa shape index (κ1) is 11.4. The van der Waals surface area contributed by atoms with Crippen LogP contribution in [0.2, 0.25) is 0 Å². The molecule has 5 nitrogen and oxygen atoms in total. The Balaban J connectivity index is 1.93. The Morgan fingerprint density at radius 1 is 1.44 bits per heavy atom. The van der Waals surface area contributed by atoms with E-state index < -0.39 is 5.97 Å². The van der Waals surface area contributed by atoms with Gasteiger partial charge in [-0.15, -0.1) is 5.10 Å². The molecule has 0 unspecified atom stereocenters. The van der Waals surface area contributed by atoms with Crippen LogP contribution < -0.4 is 0 Å². The molecule has 6 heteroatoms. The Kier molecular flexibility index (Phi) is 3.82. The molecule has 1 aromatic rings. The monoisotopic (exact) mass is 241 g/mol. The maximum absolute atomic E-state index is 10.4. The largest absolute Gasteiger partial charge is 0.481 e. The zero-order valence-electron chi connectivity index (χ0n) is 8.98. The van der Waals surface area contributed by atoms with Gasteiger partial charge in [-0.1, -0.05) is 31.0 Å². The van der Waals surface area contributed by atoms with Crippen molar-refractivity contribution in [2.24, 2.45) is 0 Å². The molecule has 1 fully saturated rings. The van der Waals surface area contributed by atoms with Gasteiger partial charge in [-0.05, 0) is 12.8 Å². The van der Waals surface area contributed by atoms with Crippen LogP contribution >= 0.6 is 11.8 Å². The molecule has 1 aliphatic carbocycles. The average Bonchev–Trinajstić information content (AvgIpc) is 2.76. The second-order valence-corrected chi connectivity index (χ2v) is 4.96. The number of thioether (sulfide) groups is 1. The molecule has 1 saturated carbocycles. The Morgan fingerprint density at radius 2 is 2.19 bits per heavy atom. The van der Waals surface area contributed by atoms with Gasteiger partial charge in [-0.2, -0.15) is 0 Å². The Hall–Kier alpha value is -1.04. The van der Waals surface area contributed by atoms with E-state index in [9.17, 15) is 4.79 Å². The van der Waals surface area contributed by atoms with E-state index in [1.807, 2.05) is 0 Å². The van der Waals surface area contributed by atoms with E-state index in [0.29, 0.717) is 11.1 Å². The van der Waals surface area contributed by atoms with Crippen LogP contribution in [0.5, 0.6) is 0 Å². The van der Waals surface area contributed by atoms with Crippen molar-refractivity contribution in [2.45, 2.75) is 43.2 Å². The van der Waals surface area contributed by atoms with E-state index in [1.165, 1.54) is 19.3 Å². The van der Waals surface area contributed by atoms with Crippen LogP contribution in [-0.4, -0.2) is 32.0 Å². The fourth-order valence-electron chi connectivity index (χ4n) is 2.01. The number of carboxylic acid groups (broad SMARTS) is 1. The first-order valence-corrected chi connectivity index (χ1v) is 6.51. The molecule has 0 aliphatic heterocycles. The van der Waals surface area contributed by atoms with Crippen molar-refractivity contribution in [3.8, 4) is 0 Å². The second kappa shape index (κ2) is 5.34. The van der Waals surface area contributed by atoms with Crippen molar-refractivity contribution in [3.63, 3.8) is 0 Å². The third kappa shape index (κ3) is 2.98. The number of aliphatic carboxylic acids is 1. The fourth-order valence-corrected chi connectivity index (χ4v) is 2.53. The maximum atomic E-state index is 10.4. The van der Waals surface area contributed by atoms with E-state index in [0.717, 1.165) is 30.4 Å². The summed E-state index contributed by atoms with van der Waals surface area (Å²) in [5, 5.41) is 16.0. The van der Waals surface area contributed by atoms with Gasteiger partial charge in [0.05, 0.1) is 5.75 Å². The van der Waals surface area contributed by atoms with Gasteiger partial charge in [-0.25, -0.2) is 4.98 Å². The molecular formula is C10H15N3O2S. The highest BCUT2D eigenvalue weighted by molar-refractivity contribution is 7.99. The van der Waals surface area contributed by atoms with Crippen LogP contribution in [0.25, 0.3) is 0 Å². The maximum Gasteiger partial charge on any atom is 0.313 e. The molecule has 0 atom stereocenters. The summed E-state index contributed by atoms with van der Waals surface area (Å²) in [6.45, 7) is 0. The molecule has 2 rings (SSSR count). The summed E-state index contributed by atoms with van der Waals surface area (Å²) in [6, 6.07) is 0. The molecule has 0 aromatic carbocycles. The number of hydrogen-bond acceptors (Lipinski definition) is 4. The first-order valence-electron chi connectivity index (χ1n) is 5.52. The van der Waals surface area contributed by atoms with Gasteiger partial charge >= 0.3 is 5.97 Å². The second-order valence-electron chi connectivity index (χ2n) is 4.02. The van der Waals surface area contributed by atoms with E-state index in [2.05, 4.69) is 15.2 Å².